The number of ether oxygens (including phenoxy) is 1. The molecule has 108 valence electrons. The van der Waals surface area contributed by atoms with Crippen molar-refractivity contribution in [2.75, 3.05) is 20.2 Å². The summed E-state index contributed by atoms with van der Waals surface area (Å²) in [5.74, 6) is -0.800. The first-order valence-electron chi connectivity index (χ1n) is 5.51. The summed E-state index contributed by atoms with van der Waals surface area (Å²) < 4.78 is 31.0. The summed E-state index contributed by atoms with van der Waals surface area (Å²) in [6.07, 6.45) is 0. The topological polar surface area (TPSA) is 92.8 Å². The Hall–Kier alpha value is -1.45. The molecule has 1 N–H and O–H groups in total. The molecule has 1 aromatic rings. The first-order valence-corrected chi connectivity index (χ1v) is 7.74. The molecule has 0 atom stereocenters. The molecule has 1 aliphatic rings. The maximum Gasteiger partial charge on any atom is 0.244 e. The van der Waals surface area contributed by atoms with E-state index in [2.05, 4.69) is 15.9 Å². The largest absolute Gasteiger partial charge is 0.496 e. The van der Waals surface area contributed by atoms with Crippen LogP contribution in [0.4, 0.5) is 0 Å². The Morgan fingerprint density at radius 2 is 1.85 bits per heavy atom. The van der Waals surface area contributed by atoms with Crippen LogP contribution in [0.3, 0.4) is 0 Å². The van der Waals surface area contributed by atoms with E-state index in [1.165, 1.54) is 25.3 Å². The highest BCUT2D eigenvalue weighted by atomic mass is 79.9. The molecule has 1 aromatic carbocycles. The van der Waals surface area contributed by atoms with Crippen molar-refractivity contribution in [3.63, 3.8) is 0 Å². The molecule has 1 heterocycles. The van der Waals surface area contributed by atoms with Gasteiger partial charge in [0.05, 0.1) is 29.6 Å². The highest BCUT2D eigenvalue weighted by molar-refractivity contribution is 9.10. The van der Waals surface area contributed by atoms with E-state index in [1.807, 2.05) is 5.32 Å². The molecular weight excluding hydrogens is 352 g/mol. The van der Waals surface area contributed by atoms with Crippen molar-refractivity contribution in [1.29, 1.82) is 0 Å². The van der Waals surface area contributed by atoms with Crippen molar-refractivity contribution in [3.05, 3.63) is 22.7 Å². The highest BCUT2D eigenvalue weighted by Crippen LogP contribution is 2.28. The Labute approximate surface area is 124 Å². The summed E-state index contributed by atoms with van der Waals surface area (Å²) >= 11 is 3.19. The third kappa shape index (κ3) is 2.84. The van der Waals surface area contributed by atoms with Crippen LogP contribution in [0.1, 0.15) is 0 Å². The van der Waals surface area contributed by atoms with Crippen LogP contribution in [0.25, 0.3) is 0 Å². The average molecular weight is 363 g/mol. The Balaban J connectivity index is 2.37. The molecule has 7 nitrogen and oxygen atoms in total. The van der Waals surface area contributed by atoms with Crippen LogP contribution in [-0.4, -0.2) is 44.7 Å². The van der Waals surface area contributed by atoms with Crippen LogP contribution >= 0.6 is 15.9 Å². The number of benzene rings is 1. The van der Waals surface area contributed by atoms with Crippen molar-refractivity contribution >= 4 is 37.8 Å². The summed E-state index contributed by atoms with van der Waals surface area (Å²) in [5, 5.41) is 2.05. The second kappa shape index (κ2) is 5.51. The molecule has 1 aliphatic heterocycles. The number of halogens is 1. The molecule has 1 fully saturated rings. The Bertz CT molecular complexity index is 657. The smallest absolute Gasteiger partial charge is 0.244 e. The molecule has 0 saturated carbocycles. The number of sulfonamides is 1. The zero-order valence-electron chi connectivity index (χ0n) is 10.4. The number of amides is 2. The van der Waals surface area contributed by atoms with E-state index in [-0.39, 0.29) is 18.0 Å². The SMILES string of the molecule is COc1ccc(S(=O)(=O)N2CC(=O)NC(=O)C2)cc1Br. The van der Waals surface area contributed by atoms with E-state index in [4.69, 9.17) is 4.74 Å². The number of rotatable bonds is 3. The summed E-state index contributed by atoms with van der Waals surface area (Å²) in [6, 6.07) is 4.21. The van der Waals surface area contributed by atoms with Crippen LogP contribution in [0.5, 0.6) is 5.75 Å². The number of nitrogens with zero attached hydrogens (tertiary/aromatic N) is 1. The van der Waals surface area contributed by atoms with Crippen molar-refractivity contribution in [1.82, 2.24) is 9.62 Å². The number of piperazine rings is 1. The lowest BCUT2D eigenvalue weighted by molar-refractivity contribution is -0.134. The number of hydrogen-bond donors (Lipinski definition) is 1. The normalized spacial score (nSPS) is 16.9. The van der Waals surface area contributed by atoms with Gasteiger partial charge in [-0.15, -0.1) is 0 Å². The van der Waals surface area contributed by atoms with Crippen molar-refractivity contribution in [2.45, 2.75) is 4.90 Å². The van der Waals surface area contributed by atoms with Crippen LogP contribution in [0.15, 0.2) is 27.6 Å². The van der Waals surface area contributed by atoms with Gasteiger partial charge in [-0.2, -0.15) is 4.31 Å². The van der Waals surface area contributed by atoms with Gasteiger partial charge < -0.3 is 4.74 Å². The second-order valence-electron chi connectivity index (χ2n) is 4.04. The molecule has 2 amide bonds. The van der Waals surface area contributed by atoms with Gasteiger partial charge in [0, 0.05) is 0 Å². The quantitative estimate of drug-likeness (QED) is 0.770. The first-order chi connectivity index (χ1) is 9.34. The molecule has 1 saturated heterocycles. The molecule has 9 heteroatoms. The molecule has 0 bridgehead atoms. The molecule has 20 heavy (non-hydrogen) atoms. The maximum absolute atomic E-state index is 12.4. The molecule has 0 aliphatic carbocycles. The van der Waals surface area contributed by atoms with Gasteiger partial charge in [-0.3, -0.25) is 14.9 Å². The summed E-state index contributed by atoms with van der Waals surface area (Å²) in [7, 11) is -2.45. The summed E-state index contributed by atoms with van der Waals surface area (Å²) in [4.78, 5) is 22.5. The Morgan fingerprint density at radius 3 is 2.35 bits per heavy atom. The number of carbonyl (C=O) groups is 2. The molecule has 2 rings (SSSR count). The van der Waals surface area contributed by atoms with Crippen LogP contribution in [0.2, 0.25) is 0 Å². The van der Waals surface area contributed by atoms with Crippen LogP contribution in [-0.2, 0) is 19.6 Å². The highest BCUT2D eigenvalue weighted by Gasteiger charge is 2.33. The number of carbonyl (C=O) groups excluding carboxylic acids is 2. The van der Waals surface area contributed by atoms with E-state index in [0.29, 0.717) is 10.2 Å². The minimum absolute atomic E-state index is 0.0207. The minimum Gasteiger partial charge on any atom is -0.496 e. The fourth-order valence-corrected chi connectivity index (χ4v) is 3.81. The van der Waals surface area contributed by atoms with Crippen molar-refractivity contribution in [2.24, 2.45) is 0 Å². The van der Waals surface area contributed by atoms with Gasteiger partial charge in [-0.1, -0.05) is 0 Å². The standard InChI is InChI=1S/C11H11BrN2O5S/c1-19-9-3-2-7(4-8(9)12)20(17,18)14-5-10(15)13-11(16)6-14/h2-4H,5-6H2,1H3,(H,13,15,16). The van der Waals surface area contributed by atoms with E-state index in [1.54, 1.807) is 0 Å². The summed E-state index contributed by atoms with van der Waals surface area (Å²) in [6.45, 7) is -0.755. The van der Waals surface area contributed by atoms with Crippen molar-refractivity contribution in [3.8, 4) is 5.75 Å². The number of imide groups is 1. The van der Waals surface area contributed by atoms with Gasteiger partial charge in [0.25, 0.3) is 0 Å². The Kier molecular flexibility index (Phi) is 4.11. The van der Waals surface area contributed by atoms with E-state index >= 15 is 0 Å². The van der Waals surface area contributed by atoms with E-state index in [0.717, 1.165) is 4.31 Å². The number of hydrogen-bond acceptors (Lipinski definition) is 5. The Morgan fingerprint density at radius 1 is 1.25 bits per heavy atom. The summed E-state index contributed by atoms with van der Waals surface area (Å²) in [5.41, 5.74) is 0. The fourth-order valence-electron chi connectivity index (χ4n) is 1.74. The fraction of sp³-hybridized carbons (Fsp3) is 0.273. The molecule has 0 unspecified atom stereocenters. The maximum atomic E-state index is 12.4. The molecule has 0 aromatic heterocycles. The lowest BCUT2D eigenvalue weighted by Crippen LogP contribution is -2.53. The van der Waals surface area contributed by atoms with Gasteiger partial charge in [0.2, 0.25) is 21.8 Å². The number of methoxy groups -OCH3 is 1. The van der Waals surface area contributed by atoms with Crippen molar-refractivity contribution < 1.29 is 22.7 Å². The molecule has 0 radical (unpaired) electrons. The van der Waals surface area contributed by atoms with Gasteiger partial charge in [-0.25, -0.2) is 8.42 Å². The first kappa shape index (κ1) is 14.9. The lowest BCUT2D eigenvalue weighted by atomic mass is 10.3. The average Bonchev–Trinajstić information content (AvgIpc) is 2.37. The van der Waals surface area contributed by atoms with E-state index < -0.39 is 21.8 Å². The lowest BCUT2D eigenvalue weighted by Gasteiger charge is -2.24. The zero-order chi connectivity index (χ0) is 14.9. The third-order valence-corrected chi connectivity index (χ3v) is 5.09. The van der Waals surface area contributed by atoms with Crippen LogP contribution in [0, 0.1) is 0 Å². The predicted molar refractivity (Wildman–Crippen MR) is 72.6 cm³/mol. The zero-order valence-corrected chi connectivity index (χ0v) is 12.8. The molecule has 0 spiro atoms. The van der Waals surface area contributed by atoms with Crippen LogP contribution < -0.4 is 10.1 Å². The van der Waals surface area contributed by atoms with E-state index in [9.17, 15) is 18.0 Å². The van der Waals surface area contributed by atoms with Gasteiger partial charge in [-0.05, 0) is 34.1 Å². The predicted octanol–water partition coefficient (Wildman–Crippen LogP) is 0.105. The van der Waals surface area contributed by atoms with Gasteiger partial charge in [0.15, 0.2) is 0 Å². The monoisotopic (exact) mass is 362 g/mol. The van der Waals surface area contributed by atoms with Gasteiger partial charge in [0.1, 0.15) is 5.75 Å². The third-order valence-electron chi connectivity index (χ3n) is 2.68. The molecular formula is C11H11BrN2O5S. The second-order valence-corrected chi connectivity index (χ2v) is 6.83. The minimum atomic E-state index is -3.91. The van der Waals surface area contributed by atoms with Gasteiger partial charge >= 0.3 is 0 Å². The number of nitrogens with one attached hydrogen (secondary N) is 1.